The molecule has 0 spiro atoms. The highest BCUT2D eigenvalue weighted by molar-refractivity contribution is 7.89. The van der Waals surface area contributed by atoms with Crippen LogP contribution in [0.3, 0.4) is 0 Å². The van der Waals surface area contributed by atoms with Crippen molar-refractivity contribution in [1.82, 2.24) is 9.21 Å². The molecule has 0 atom stereocenters. The number of para-hydroxylation sites is 1. The largest absolute Gasteiger partial charge is 0.494 e. The van der Waals surface area contributed by atoms with Gasteiger partial charge in [-0.1, -0.05) is 42.5 Å². The topological polar surface area (TPSA) is 70.2 Å². The predicted octanol–water partition coefficient (Wildman–Crippen LogP) is 4.07. The maximum absolute atomic E-state index is 14.2. The van der Waals surface area contributed by atoms with Crippen molar-refractivity contribution in [2.75, 3.05) is 44.2 Å². The zero-order chi connectivity index (χ0) is 26.4. The van der Waals surface area contributed by atoms with E-state index in [1.807, 2.05) is 42.2 Å². The molecule has 0 bridgehead atoms. The third-order valence-electron chi connectivity index (χ3n) is 6.42. The van der Waals surface area contributed by atoms with Gasteiger partial charge in [-0.05, 0) is 55.3 Å². The standard InChI is InChI=1S/C28H32FN3O4S/c1-3-36-27-14-13-24(19-22(27)2)37(34,35)32(20-23-9-5-4-6-10-23)21-28(33)31-17-15-30(16-18-31)26-12-8-7-11-25(26)29/h4-14,19H,3,15-18,20-21H2,1-2H3. The number of nitrogens with zero attached hydrogens (tertiary/aromatic N) is 3. The van der Waals surface area contributed by atoms with Crippen LogP contribution in [0.5, 0.6) is 5.75 Å². The molecule has 0 radical (unpaired) electrons. The van der Waals surface area contributed by atoms with E-state index in [0.29, 0.717) is 49.8 Å². The Morgan fingerprint density at radius 3 is 2.30 bits per heavy atom. The molecule has 196 valence electrons. The van der Waals surface area contributed by atoms with Crippen molar-refractivity contribution in [2.24, 2.45) is 0 Å². The molecule has 1 heterocycles. The predicted molar refractivity (Wildman–Crippen MR) is 142 cm³/mol. The fourth-order valence-corrected chi connectivity index (χ4v) is 5.88. The SMILES string of the molecule is CCOc1ccc(S(=O)(=O)N(CC(=O)N2CCN(c3ccccc3F)CC2)Cc2ccccc2)cc1C. The average molecular weight is 526 g/mol. The Morgan fingerprint density at radius 2 is 1.65 bits per heavy atom. The number of aryl methyl sites for hydroxylation is 1. The van der Waals surface area contributed by atoms with E-state index in [0.717, 1.165) is 5.56 Å². The lowest BCUT2D eigenvalue weighted by Gasteiger charge is -2.37. The Labute approximate surface area is 218 Å². The number of hydrogen-bond donors (Lipinski definition) is 0. The smallest absolute Gasteiger partial charge is 0.243 e. The molecule has 0 aliphatic carbocycles. The number of halogens is 1. The second-order valence-corrected chi connectivity index (χ2v) is 10.9. The monoisotopic (exact) mass is 525 g/mol. The normalized spacial score (nSPS) is 14.2. The van der Waals surface area contributed by atoms with Crippen LogP contribution in [0.25, 0.3) is 0 Å². The number of piperazine rings is 1. The summed E-state index contributed by atoms with van der Waals surface area (Å²) >= 11 is 0. The van der Waals surface area contributed by atoms with Gasteiger partial charge in [0.25, 0.3) is 0 Å². The lowest BCUT2D eigenvalue weighted by molar-refractivity contribution is -0.131. The van der Waals surface area contributed by atoms with Gasteiger partial charge in [-0.2, -0.15) is 4.31 Å². The van der Waals surface area contributed by atoms with E-state index in [1.165, 1.54) is 16.4 Å². The molecule has 0 saturated carbocycles. The van der Waals surface area contributed by atoms with Crippen molar-refractivity contribution in [2.45, 2.75) is 25.3 Å². The number of sulfonamides is 1. The molecule has 4 rings (SSSR count). The molecule has 3 aromatic rings. The van der Waals surface area contributed by atoms with E-state index in [-0.39, 0.29) is 29.7 Å². The maximum Gasteiger partial charge on any atom is 0.243 e. The van der Waals surface area contributed by atoms with Crippen LogP contribution < -0.4 is 9.64 Å². The van der Waals surface area contributed by atoms with Crippen molar-refractivity contribution in [1.29, 1.82) is 0 Å². The highest BCUT2D eigenvalue weighted by Gasteiger charge is 2.30. The van der Waals surface area contributed by atoms with Gasteiger partial charge < -0.3 is 14.5 Å². The zero-order valence-electron chi connectivity index (χ0n) is 21.1. The molecule has 9 heteroatoms. The second kappa shape index (κ2) is 11.7. The summed E-state index contributed by atoms with van der Waals surface area (Å²) in [5, 5.41) is 0. The minimum Gasteiger partial charge on any atom is -0.494 e. The van der Waals surface area contributed by atoms with Gasteiger partial charge in [-0.25, -0.2) is 12.8 Å². The maximum atomic E-state index is 14.2. The molecular weight excluding hydrogens is 493 g/mol. The number of amides is 1. The van der Waals surface area contributed by atoms with Crippen LogP contribution in [-0.4, -0.2) is 62.9 Å². The number of hydrogen-bond acceptors (Lipinski definition) is 5. The first kappa shape index (κ1) is 26.6. The number of carbonyl (C=O) groups is 1. The zero-order valence-corrected chi connectivity index (χ0v) is 22.0. The molecule has 0 aromatic heterocycles. The summed E-state index contributed by atoms with van der Waals surface area (Å²) in [5.41, 5.74) is 2.00. The Hall–Kier alpha value is -3.43. The third-order valence-corrected chi connectivity index (χ3v) is 8.21. The van der Waals surface area contributed by atoms with Crippen molar-refractivity contribution in [3.8, 4) is 5.75 Å². The van der Waals surface area contributed by atoms with Crippen LogP contribution in [-0.2, 0) is 21.4 Å². The molecule has 0 N–H and O–H groups in total. The minimum atomic E-state index is -3.98. The lowest BCUT2D eigenvalue weighted by atomic mass is 10.2. The highest BCUT2D eigenvalue weighted by Crippen LogP contribution is 2.26. The second-order valence-electron chi connectivity index (χ2n) is 8.94. The van der Waals surface area contributed by atoms with Crippen molar-refractivity contribution in [3.05, 3.63) is 89.7 Å². The van der Waals surface area contributed by atoms with Crippen LogP contribution in [0.4, 0.5) is 10.1 Å². The molecule has 1 fully saturated rings. The first-order chi connectivity index (χ1) is 17.8. The third kappa shape index (κ3) is 6.29. The number of anilines is 1. The first-order valence-electron chi connectivity index (χ1n) is 12.3. The van der Waals surface area contributed by atoms with Crippen LogP contribution >= 0.6 is 0 Å². The van der Waals surface area contributed by atoms with Gasteiger partial charge in [-0.15, -0.1) is 0 Å². The van der Waals surface area contributed by atoms with E-state index in [1.54, 1.807) is 42.2 Å². The Balaban J connectivity index is 1.52. The van der Waals surface area contributed by atoms with Crippen LogP contribution in [0.1, 0.15) is 18.1 Å². The van der Waals surface area contributed by atoms with Gasteiger partial charge in [0.15, 0.2) is 0 Å². The Bertz CT molecular complexity index is 1330. The molecule has 1 aliphatic heterocycles. The summed E-state index contributed by atoms with van der Waals surface area (Å²) in [6.45, 7) is 5.63. The molecule has 37 heavy (non-hydrogen) atoms. The average Bonchev–Trinajstić information content (AvgIpc) is 2.90. The quantitative estimate of drug-likeness (QED) is 0.421. The lowest BCUT2D eigenvalue weighted by Crippen LogP contribution is -2.52. The van der Waals surface area contributed by atoms with Crippen LogP contribution in [0.2, 0.25) is 0 Å². The molecular formula is C28H32FN3O4S. The van der Waals surface area contributed by atoms with E-state index in [2.05, 4.69) is 0 Å². The van der Waals surface area contributed by atoms with Gasteiger partial charge in [0, 0.05) is 32.7 Å². The summed E-state index contributed by atoms with van der Waals surface area (Å²) in [7, 11) is -3.98. The van der Waals surface area contributed by atoms with E-state index in [4.69, 9.17) is 4.74 Å². The van der Waals surface area contributed by atoms with Gasteiger partial charge in [0.2, 0.25) is 15.9 Å². The number of ether oxygens (including phenoxy) is 1. The van der Waals surface area contributed by atoms with E-state index in [9.17, 15) is 17.6 Å². The number of carbonyl (C=O) groups excluding carboxylic acids is 1. The van der Waals surface area contributed by atoms with Gasteiger partial charge in [0.1, 0.15) is 11.6 Å². The van der Waals surface area contributed by atoms with E-state index >= 15 is 0 Å². The summed E-state index contributed by atoms with van der Waals surface area (Å²) in [6.07, 6.45) is 0. The Morgan fingerprint density at radius 1 is 0.973 bits per heavy atom. The summed E-state index contributed by atoms with van der Waals surface area (Å²) in [4.78, 5) is 17.0. The van der Waals surface area contributed by atoms with Crippen molar-refractivity contribution < 1.29 is 22.3 Å². The summed E-state index contributed by atoms with van der Waals surface area (Å²) in [5.74, 6) is 0.0447. The molecule has 0 unspecified atom stereocenters. The molecule has 1 amide bonds. The molecule has 1 saturated heterocycles. The molecule has 1 aliphatic rings. The van der Waals surface area contributed by atoms with E-state index < -0.39 is 10.0 Å². The van der Waals surface area contributed by atoms with Gasteiger partial charge >= 0.3 is 0 Å². The van der Waals surface area contributed by atoms with Gasteiger partial charge in [0.05, 0.1) is 23.7 Å². The minimum absolute atomic E-state index is 0.0658. The Kier molecular flexibility index (Phi) is 8.45. The molecule has 7 nitrogen and oxygen atoms in total. The first-order valence-corrected chi connectivity index (χ1v) is 13.8. The summed E-state index contributed by atoms with van der Waals surface area (Å²) < 4.78 is 48.4. The van der Waals surface area contributed by atoms with Crippen molar-refractivity contribution >= 4 is 21.6 Å². The molecule has 3 aromatic carbocycles. The van der Waals surface area contributed by atoms with Gasteiger partial charge in [-0.3, -0.25) is 4.79 Å². The fraction of sp³-hybridized carbons (Fsp3) is 0.321. The number of benzene rings is 3. The number of rotatable bonds is 9. The van der Waals surface area contributed by atoms with Crippen LogP contribution in [0.15, 0.2) is 77.7 Å². The fourth-order valence-electron chi connectivity index (χ4n) is 4.42. The van der Waals surface area contributed by atoms with Crippen molar-refractivity contribution in [3.63, 3.8) is 0 Å². The highest BCUT2D eigenvalue weighted by atomic mass is 32.2. The summed E-state index contributed by atoms with van der Waals surface area (Å²) in [6, 6.07) is 20.5. The van der Waals surface area contributed by atoms with Crippen LogP contribution in [0, 0.1) is 12.7 Å².